The number of esters is 1. The number of nitrogens with two attached hydrogens (primary N) is 1. The van der Waals surface area contributed by atoms with Crippen molar-refractivity contribution in [2.24, 2.45) is 5.10 Å². The quantitative estimate of drug-likeness (QED) is 0.442. The van der Waals surface area contributed by atoms with Crippen molar-refractivity contribution >= 4 is 46.5 Å². The Labute approximate surface area is 188 Å². The van der Waals surface area contributed by atoms with Gasteiger partial charge in [0.1, 0.15) is 11.8 Å². The van der Waals surface area contributed by atoms with E-state index < -0.39 is 24.5 Å². The largest absolute Gasteiger partial charge is 0.467 e. The first kappa shape index (κ1) is 21.0. The van der Waals surface area contributed by atoms with E-state index in [1.54, 1.807) is 24.3 Å². The summed E-state index contributed by atoms with van der Waals surface area (Å²) in [5.41, 5.74) is 7.64. The molecule has 0 saturated heterocycles. The molecule has 31 heavy (non-hydrogen) atoms. The van der Waals surface area contributed by atoms with E-state index in [0.29, 0.717) is 27.9 Å². The molecule has 0 spiro atoms. The van der Waals surface area contributed by atoms with Crippen LogP contribution in [0.1, 0.15) is 34.1 Å². The monoisotopic (exact) mass is 457 g/mol. The van der Waals surface area contributed by atoms with Crippen molar-refractivity contribution in [3.05, 3.63) is 87.8 Å². The van der Waals surface area contributed by atoms with Crippen LogP contribution in [-0.4, -0.2) is 29.2 Å². The zero-order valence-electron chi connectivity index (χ0n) is 16.1. The van der Waals surface area contributed by atoms with E-state index in [1.165, 1.54) is 29.5 Å². The topological polar surface area (TPSA) is 98.1 Å². The van der Waals surface area contributed by atoms with E-state index in [2.05, 4.69) is 5.10 Å². The van der Waals surface area contributed by atoms with Gasteiger partial charge in [-0.05, 0) is 48.0 Å². The number of hydrogen-bond acceptors (Lipinski definition) is 6. The lowest BCUT2D eigenvalue weighted by Crippen LogP contribution is -2.31. The molecule has 0 saturated carbocycles. The van der Waals surface area contributed by atoms with Gasteiger partial charge in [-0.25, -0.2) is 9.80 Å². The number of anilines is 1. The Morgan fingerprint density at radius 1 is 1.13 bits per heavy atom. The maximum Gasteiger partial charge on any atom is 0.340 e. The maximum absolute atomic E-state index is 12.9. The molecule has 4 rings (SSSR count). The summed E-state index contributed by atoms with van der Waals surface area (Å²) in [4.78, 5) is 25.2. The molecule has 1 aliphatic rings. The molecule has 0 bridgehead atoms. The Morgan fingerprint density at radius 2 is 1.87 bits per heavy atom. The number of rotatable bonds is 5. The van der Waals surface area contributed by atoms with Crippen molar-refractivity contribution in [2.45, 2.75) is 12.5 Å². The molecule has 0 unspecified atom stereocenters. The van der Waals surface area contributed by atoms with Crippen molar-refractivity contribution in [3.8, 4) is 0 Å². The number of amides is 1. The first-order valence-corrected chi connectivity index (χ1v) is 10.1. The van der Waals surface area contributed by atoms with Crippen LogP contribution in [-0.2, 0) is 9.53 Å². The van der Waals surface area contributed by atoms with Gasteiger partial charge in [-0.2, -0.15) is 5.10 Å². The van der Waals surface area contributed by atoms with Crippen LogP contribution < -0.4 is 5.73 Å². The molecule has 9 heteroatoms. The molecule has 2 N–H and O–H groups in total. The summed E-state index contributed by atoms with van der Waals surface area (Å²) in [6.07, 6.45) is 1.97. The molecule has 0 aliphatic carbocycles. The molecule has 7 nitrogen and oxygen atoms in total. The lowest BCUT2D eigenvalue weighted by Gasteiger charge is -2.19. The zero-order chi connectivity index (χ0) is 22.0. The van der Waals surface area contributed by atoms with Crippen LogP contribution in [0.15, 0.2) is 70.4 Å². The van der Waals surface area contributed by atoms with E-state index in [-0.39, 0.29) is 11.3 Å². The van der Waals surface area contributed by atoms with Gasteiger partial charge in [-0.3, -0.25) is 4.79 Å². The van der Waals surface area contributed by atoms with Gasteiger partial charge in [0.25, 0.3) is 5.91 Å². The number of furan rings is 1. The summed E-state index contributed by atoms with van der Waals surface area (Å²) in [5, 5.41) is 6.75. The van der Waals surface area contributed by atoms with Crippen LogP contribution in [0.25, 0.3) is 0 Å². The summed E-state index contributed by atoms with van der Waals surface area (Å²) < 4.78 is 10.7. The zero-order valence-corrected chi connectivity index (χ0v) is 17.6. The Balaban J connectivity index is 1.52. The Morgan fingerprint density at radius 3 is 2.55 bits per heavy atom. The first-order chi connectivity index (χ1) is 14.9. The molecule has 3 aromatic rings. The van der Waals surface area contributed by atoms with Gasteiger partial charge in [-0.1, -0.05) is 35.3 Å². The van der Waals surface area contributed by atoms with Crippen molar-refractivity contribution in [1.82, 2.24) is 5.01 Å². The summed E-state index contributed by atoms with van der Waals surface area (Å²) >= 11 is 11.8. The lowest BCUT2D eigenvalue weighted by molar-refractivity contribution is -0.136. The third kappa shape index (κ3) is 4.57. The maximum atomic E-state index is 12.9. The standard InChI is InChI=1S/C22H17Cl2N3O4/c23-14-5-3-13(4-6-14)18-11-19(20-2-1-9-30-20)27(26-18)21(28)12-31-22(29)16-8-7-15(24)10-17(16)25/h1-10,19H,11-12,25H2/t19-/m0/s1. The fourth-order valence-electron chi connectivity index (χ4n) is 3.25. The van der Waals surface area contributed by atoms with Crippen LogP contribution >= 0.6 is 23.2 Å². The fraction of sp³-hybridized carbons (Fsp3) is 0.136. The Kier molecular flexibility index (Phi) is 5.97. The molecule has 1 aromatic heterocycles. The van der Waals surface area contributed by atoms with Gasteiger partial charge in [0.05, 0.1) is 17.5 Å². The predicted molar refractivity (Wildman–Crippen MR) is 117 cm³/mol. The minimum absolute atomic E-state index is 0.131. The number of nitrogen functional groups attached to an aromatic ring is 1. The van der Waals surface area contributed by atoms with Gasteiger partial charge in [0.15, 0.2) is 6.61 Å². The second-order valence-electron chi connectivity index (χ2n) is 6.83. The number of hydrogen-bond donors (Lipinski definition) is 1. The van der Waals surface area contributed by atoms with Gasteiger partial charge in [-0.15, -0.1) is 0 Å². The molecule has 0 fully saturated rings. The molecular formula is C22H17Cl2N3O4. The van der Waals surface area contributed by atoms with Gasteiger partial charge < -0.3 is 14.9 Å². The van der Waals surface area contributed by atoms with Crippen LogP contribution in [0.5, 0.6) is 0 Å². The van der Waals surface area contributed by atoms with Gasteiger partial charge >= 0.3 is 5.97 Å². The van der Waals surface area contributed by atoms with Crippen molar-refractivity contribution in [1.29, 1.82) is 0 Å². The molecule has 0 radical (unpaired) electrons. The van der Waals surface area contributed by atoms with Crippen LogP contribution in [0.4, 0.5) is 5.69 Å². The van der Waals surface area contributed by atoms with Crippen LogP contribution in [0, 0.1) is 0 Å². The number of halogens is 2. The number of hydrazone groups is 1. The lowest BCUT2D eigenvalue weighted by atomic mass is 10.0. The molecule has 1 atom stereocenters. The van der Waals surface area contributed by atoms with Crippen molar-refractivity contribution in [3.63, 3.8) is 0 Å². The van der Waals surface area contributed by atoms with Gasteiger partial charge in [0.2, 0.25) is 0 Å². The predicted octanol–water partition coefficient (Wildman–Crippen LogP) is 4.70. The second kappa shape index (κ2) is 8.83. The van der Waals surface area contributed by atoms with Crippen LogP contribution in [0.2, 0.25) is 10.0 Å². The summed E-state index contributed by atoms with van der Waals surface area (Å²) in [5.74, 6) is -0.640. The molecule has 1 amide bonds. The smallest absolute Gasteiger partial charge is 0.340 e. The number of carbonyl (C=O) groups excluding carboxylic acids is 2. The molecule has 158 valence electrons. The third-order valence-electron chi connectivity index (χ3n) is 4.78. The highest BCUT2D eigenvalue weighted by molar-refractivity contribution is 6.31. The molecule has 2 heterocycles. The van der Waals surface area contributed by atoms with Crippen molar-refractivity contribution in [2.75, 3.05) is 12.3 Å². The first-order valence-electron chi connectivity index (χ1n) is 9.33. The minimum atomic E-state index is -0.724. The third-order valence-corrected chi connectivity index (χ3v) is 5.26. The number of benzene rings is 2. The summed E-state index contributed by atoms with van der Waals surface area (Å²) in [7, 11) is 0. The average molecular weight is 458 g/mol. The van der Waals surface area contributed by atoms with Gasteiger partial charge in [0, 0.05) is 22.2 Å². The average Bonchev–Trinajstić information content (AvgIpc) is 3.42. The number of ether oxygens (including phenoxy) is 1. The summed E-state index contributed by atoms with van der Waals surface area (Å²) in [6, 6.07) is 14.6. The Bertz CT molecular complexity index is 1140. The van der Waals surface area contributed by atoms with E-state index in [4.69, 9.17) is 38.1 Å². The number of carbonyl (C=O) groups is 2. The van der Waals surface area contributed by atoms with E-state index in [9.17, 15) is 9.59 Å². The minimum Gasteiger partial charge on any atom is -0.467 e. The van der Waals surface area contributed by atoms with E-state index in [1.807, 2.05) is 12.1 Å². The molecule has 1 aliphatic heterocycles. The summed E-state index contributed by atoms with van der Waals surface area (Å²) in [6.45, 7) is -0.504. The SMILES string of the molecule is Nc1cc(Cl)ccc1C(=O)OCC(=O)N1N=C(c2ccc(Cl)cc2)C[C@H]1c1ccco1. The van der Waals surface area contributed by atoms with E-state index in [0.717, 1.165) is 5.56 Å². The van der Waals surface area contributed by atoms with Crippen LogP contribution in [0.3, 0.4) is 0 Å². The van der Waals surface area contributed by atoms with E-state index >= 15 is 0 Å². The number of nitrogens with zero attached hydrogens (tertiary/aromatic N) is 2. The highest BCUT2D eigenvalue weighted by Gasteiger charge is 2.35. The highest BCUT2D eigenvalue weighted by Crippen LogP contribution is 2.33. The fourth-order valence-corrected chi connectivity index (χ4v) is 3.56. The second-order valence-corrected chi connectivity index (χ2v) is 7.71. The normalized spacial score (nSPS) is 15.6. The Hall–Kier alpha value is -3.29. The highest BCUT2D eigenvalue weighted by atomic mass is 35.5. The molecule has 2 aromatic carbocycles. The van der Waals surface area contributed by atoms with Crippen molar-refractivity contribution < 1.29 is 18.7 Å². The molecular weight excluding hydrogens is 441 g/mol.